The number of aryl methyl sites for hydroxylation is 1. The molecule has 0 heteroatoms. The summed E-state index contributed by atoms with van der Waals surface area (Å²) in [7, 11) is 0. The van der Waals surface area contributed by atoms with Gasteiger partial charge in [-0.2, -0.15) is 0 Å². The fourth-order valence-corrected chi connectivity index (χ4v) is 5.76. The zero-order chi connectivity index (χ0) is 20.0. The smallest absolute Gasteiger partial charge is 0.00196 e. The first kappa shape index (κ1) is 18.4. The van der Waals surface area contributed by atoms with Crippen LogP contribution in [-0.4, -0.2) is 0 Å². The van der Waals surface area contributed by atoms with Crippen molar-refractivity contribution in [3.8, 4) is 0 Å². The van der Waals surface area contributed by atoms with Crippen LogP contribution in [0.4, 0.5) is 0 Å². The van der Waals surface area contributed by atoms with E-state index >= 15 is 0 Å². The van der Waals surface area contributed by atoms with Gasteiger partial charge in [0.2, 0.25) is 0 Å². The molecule has 0 saturated carbocycles. The molecule has 0 saturated heterocycles. The lowest BCUT2D eigenvalue weighted by atomic mass is 9.64. The third-order valence-electron chi connectivity index (χ3n) is 7.45. The van der Waals surface area contributed by atoms with Crippen molar-refractivity contribution in [2.24, 2.45) is 5.92 Å². The minimum absolute atomic E-state index is 0.265. The van der Waals surface area contributed by atoms with Crippen LogP contribution in [0.15, 0.2) is 72.8 Å². The van der Waals surface area contributed by atoms with Crippen molar-refractivity contribution in [2.45, 2.75) is 51.9 Å². The van der Waals surface area contributed by atoms with Gasteiger partial charge >= 0.3 is 0 Å². The molecule has 0 spiro atoms. The van der Waals surface area contributed by atoms with Crippen LogP contribution in [0.3, 0.4) is 0 Å². The van der Waals surface area contributed by atoms with E-state index in [1.54, 1.807) is 11.1 Å². The van der Waals surface area contributed by atoms with Gasteiger partial charge in [-0.15, -0.1) is 0 Å². The van der Waals surface area contributed by atoms with Crippen molar-refractivity contribution in [1.82, 2.24) is 0 Å². The lowest BCUT2D eigenvalue weighted by Gasteiger charge is -2.41. The van der Waals surface area contributed by atoms with Gasteiger partial charge in [-0.1, -0.05) is 100.0 Å². The Morgan fingerprint density at radius 1 is 0.759 bits per heavy atom. The number of hydrogen-bond donors (Lipinski definition) is 0. The molecular formula is C29H30. The second-order valence-electron chi connectivity index (χ2n) is 9.29. The van der Waals surface area contributed by atoms with Crippen molar-refractivity contribution >= 4 is 21.5 Å². The predicted octanol–water partition coefficient (Wildman–Crippen LogP) is 7.83. The largest absolute Gasteiger partial charge is 0.0651 e. The van der Waals surface area contributed by atoms with E-state index in [-0.39, 0.29) is 5.41 Å². The van der Waals surface area contributed by atoms with E-state index < -0.39 is 0 Å². The van der Waals surface area contributed by atoms with Crippen molar-refractivity contribution in [1.29, 1.82) is 0 Å². The van der Waals surface area contributed by atoms with Crippen molar-refractivity contribution in [2.75, 3.05) is 0 Å². The summed E-state index contributed by atoms with van der Waals surface area (Å²) in [6.07, 6.45) is 4.77. The van der Waals surface area contributed by atoms with E-state index in [0.717, 1.165) is 12.3 Å². The fourth-order valence-electron chi connectivity index (χ4n) is 5.76. The summed E-state index contributed by atoms with van der Waals surface area (Å²) in [4.78, 5) is 0. The Kier molecular flexibility index (Phi) is 4.46. The first-order chi connectivity index (χ1) is 14.1. The maximum absolute atomic E-state index is 2.45. The Morgan fingerprint density at radius 3 is 2.28 bits per heavy atom. The van der Waals surface area contributed by atoms with Crippen molar-refractivity contribution in [3.63, 3.8) is 0 Å². The van der Waals surface area contributed by atoms with Gasteiger partial charge in [-0.3, -0.25) is 0 Å². The highest BCUT2D eigenvalue weighted by Gasteiger charge is 2.35. The maximum Gasteiger partial charge on any atom is -0.00196 e. The van der Waals surface area contributed by atoms with E-state index in [1.165, 1.54) is 51.9 Å². The second-order valence-corrected chi connectivity index (χ2v) is 9.29. The molecule has 0 amide bonds. The molecular weight excluding hydrogens is 348 g/mol. The van der Waals surface area contributed by atoms with Crippen LogP contribution >= 0.6 is 0 Å². The summed E-state index contributed by atoms with van der Waals surface area (Å²) in [6, 6.07) is 27.2. The minimum Gasteiger partial charge on any atom is -0.0651 e. The monoisotopic (exact) mass is 378 g/mol. The van der Waals surface area contributed by atoms with Crippen LogP contribution < -0.4 is 0 Å². The zero-order valence-electron chi connectivity index (χ0n) is 17.8. The summed E-state index contributed by atoms with van der Waals surface area (Å²) in [5.74, 6) is 0.783. The third kappa shape index (κ3) is 2.97. The molecule has 5 rings (SSSR count). The molecule has 0 radical (unpaired) electrons. The number of fused-ring (bicyclic) bond motifs is 5. The molecule has 4 aromatic rings. The Hall–Kier alpha value is -2.60. The molecule has 0 fully saturated rings. The molecule has 0 nitrogen and oxygen atoms in total. The van der Waals surface area contributed by atoms with Crippen molar-refractivity contribution in [3.05, 3.63) is 95.1 Å². The predicted molar refractivity (Wildman–Crippen MR) is 126 cm³/mol. The van der Waals surface area contributed by atoms with Gasteiger partial charge in [-0.25, -0.2) is 0 Å². The maximum atomic E-state index is 2.45. The molecule has 1 unspecified atom stereocenters. The van der Waals surface area contributed by atoms with Crippen LogP contribution in [0.5, 0.6) is 0 Å². The van der Waals surface area contributed by atoms with Gasteiger partial charge in [0.05, 0.1) is 0 Å². The number of hydrogen-bond acceptors (Lipinski definition) is 0. The van der Waals surface area contributed by atoms with Gasteiger partial charge in [0.1, 0.15) is 0 Å². The molecule has 0 aromatic heterocycles. The number of benzene rings is 4. The van der Waals surface area contributed by atoms with Gasteiger partial charge < -0.3 is 0 Å². The first-order valence-corrected chi connectivity index (χ1v) is 11.1. The van der Waals surface area contributed by atoms with Gasteiger partial charge in [0.15, 0.2) is 0 Å². The SMILES string of the molecule is CCC1CCc2c(ccc3c2ccc2c(Cc4ccccc4)cccc23)C1(C)C. The highest BCUT2D eigenvalue weighted by atomic mass is 14.4. The van der Waals surface area contributed by atoms with E-state index in [4.69, 9.17) is 0 Å². The Balaban J connectivity index is 1.68. The Labute approximate surface area is 174 Å². The molecule has 0 N–H and O–H groups in total. The lowest BCUT2D eigenvalue weighted by molar-refractivity contribution is 0.271. The Morgan fingerprint density at radius 2 is 1.48 bits per heavy atom. The van der Waals surface area contributed by atoms with E-state index in [9.17, 15) is 0 Å². The summed E-state index contributed by atoms with van der Waals surface area (Å²) >= 11 is 0. The van der Waals surface area contributed by atoms with Crippen LogP contribution in [0, 0.1) is 5.92 Å². The fraction of sp³-hybridized carbons (Fsp3) is 0.310. The molecule has 1 aliphatic rings. The summed E-state index contributed by atoms with van der Waals surface area (Å²) in [5.41, 5.74) is 6.22. The molecule has 0 heterocycles. The molecule has 0 aliphatic heterocycles. The molecule has 1 atom stereocenters. The molecule has 0 bridgehead atoms. The van der Waals surface area contributed by atoms with Crippen LogP contribution in [0.25, 0.3) is 21.5 Å². The quantitative estimate of drug-likeness (QED) is 0.319. The highest BCUT2D eigenvalue weighted by Crippen LogP contribution is 2.45. The average molecular weight is 379 g/mol. The first-order valence-electron chi connectivity index (χ1n) is 11.1. The summed E-state index contributed by atoms with van der Waals surface area (Å²) in [6.45, 7) is 7.24. The van der Waals surface area contributed by atoms with Gasteiger partial charge in [0.25, 0.3) is 0 Å². The van der Waals surface area contributed by atoms with E-state index in [1.807, 2.05) is 0 Å². The van der Waals surface area contributed by atoms with E-state index in [2.05, 4.69) is 93.6 Å². The lowest BCUT2D eigenvalue weighted by Crippen LogP contribution is -2.33. The van der Waals surface area contributed by atoms with Crippen molar-refractivity contribution < 1.29 is 0 Å². The second kappa shape index (κ2) is 7.02. The molecule has 29 heavy (non-hydrogen) atoms. The van der Waals surface area contributed by atoms with E-state index in [0.29, 0.717) is 0 Å². The zero-order valence-corrected chi connectivity index (χ0v) is 17.8. The topological polar surface area (TPSA) is 0 Å². The minimum atomic E-state index is 0.265. The van der Waals surface area contributed by atoms with Gasteiger partial charge in [-0.05, 0) is 74.4 Å². The summed E-state index contributed by atoms with van der Waals surface area (Å²) < 4.78 is 0. The van der Waals surface area contributed by atoms with Gasteiger partial charge in [0, 0.05) is 0 Å². The standard InChI is InChI=1S/C29H30/c1-4-22-13-14-27-26-16-15-23-21(19-20-9-6-5-7-10-20)11-8-12-24(23)25(26)17-18-28(27)29(22,2)3/h5-12,15-18,22H,4,13-14,19H2,1-3H3. The van der Waals surface area contributed by atoms with Crippen LogP contribution in [0.1, 0.15) is 55.9 Å². The number of rotatable bonds is 3. The summed E-state index contributed by atoms with van der Waals surface area (Å²) in [5, 5.41) is 5.68. The van der Waals surface area contributed by atoms with Crippen LogP contribution in [-0.2, 0) is 18.3 Å². The van der Waals surface area contributed by atoms with Crippen LogP contribution in [0.2, 0.25) is 0 Å². The highest BCUT2D eigenvalue weighted by molar-refractivity contribution is 6.09. The Bertz CT molecular complexity index is 1180. The average Bonchev–Trinajstić information content (AvgIpc) is 2.74. The molecule has 4 aromatic carbocycles. The molecule has 1 aliphatic carbocycles. The third-order valence-corrected chi connectivity index (χ3v) is 7.45. The normalized spacial score (nSPS) is 18.1. The molecule has 146 valence electrons.